The second-order valence-corrected chi connectivity index (χ2v) is 10.0. The minimum absolute atomic E-state index is 0.0182. The van der Waals surface area contributed by atoms with E-state index < -0.39 is 34.8 Å². The minimum atomic E-state index is -4.58. The van der Waals surface area contributed by atoms with E-state index in [4.69, 9.17) is 21.1 Å². The maximum atomic E-state index is 13.5. The fourth-order valence-electron chi connectivity index (χ4n) is 3.56. The zero-order valence-corrected chi connectivity index (χ0v) is 22.3. The number of anilines is 1. The molecule has 204 valence electrons. The van der Waals surface area contributed by atoms with Gasteiger partial charge in [0.2, 0.25) is 0 Å². The van der Waals surface area contributed by atoms with Crippen LogP contribution >= 0.6 is 22.9 Å². The Balaban J connectivity index is 1.77. The van der Waals surface area contributed by atoms with E-state index in [1.807, 2.05) is 0 Å². The van der Waals surface area contributed by atoms with E-state index in [1.54, 1.807) is 31.2 Å². The molecule has 0 spiro atoms. The Morgan fingerprint density at radius 2 is 1.72 bits per heavy atom. The number of hydrogen-bond acceptors (Lipinski definition) is 7. The maximum absolute atomic E-state index is 13.5. The van der Waals surface area contributed by atoms with Gasteiger partial charge in [-0.1, -0.05) is 11.6 Å². The van der Waals surface area contributed by atoms with Crippen LogP contribution in [0.3, 0.4) is 0 Å². The molecule has 13 heteroatoms. The number of fused-ring (bicyclic) bond motifs is 1. The Morgan fingerprint density at radius 3 is 2.31 bits per heavy atom. The summed E-state index contributed by atoms with van der Waals surface area (Å²) in [4.78, 5) is 39.4. The third kappa shape index (κ3) is 5.91. The summed E-state index contributed by atoms with van der Waals surface area (Å²) in [7, 11) is 0. The number of rotatable bonds is 7. The lowest BCUT2D eigenvalue weighted by molar-refractivity contribution is -0.137. The number of alkyl halides is 3. The summed E-state index contributed by atoms with van der Waals surface area (Å²) in [6.45, 7) is 4.66. The number of halogens is 4. The van der Waals surface area contributed by atoms with Gasteiger partial charge >= 0.3 is 12.1 Å². The number of esters is 1. The summed E-state index contributed by atoms with van der Waals surface area (Å²) in [5, 5.41) is 8.88. The van der Waals surface area contributed by atoms with Crippen LogP contribution < -0.4 is 15.6 Å². The number of nitrogens with zero attached hydrogens (tertiary/aromatic N) is 2. The number of nitrogens with one attached hydrogen (secondary N) is 1. The molecule has 39 heavy (non-hydrogen) atoms. The number of aromatic nitrogens is 2. The maximum Gasteiger partial charge on any atom is 0.416 e. The zero-order chi connectivity index (χ0) is 28.5. The molecular formula is C26H21ClF3N3O5S. The molecule has 2 aromatic carbocycles. The van der Waals surface area contributed by atoms with E-state index in [-0.39, 0.29) is 33.8 Å². The smallest absolute Gasteiger partial charge is 0.416 e. The Morgan fingerprint density at radius 1 is 1.08 bits per heavy atom. The van der Waals surface area contributed by atoms with Crippen LogP contribution in [0, 0.1) is 0 Å². The van der Waals surface area contributed by atoms with Gasteiger partial charge in [-0.15, -0.1) is 11.3 Å². The summed E-state index contributed by atoms with van der Waals surface area (Å²) < 4.78 is 50.8. The van der Waals surface area contributed by atoms with E-state index in [1.165, 1.54) is 19.2 Å². The largest absolute Gasteiger partial charge is 0.478 e. The lowest BCUT2D eigenvalue weighted by atomic mass is 10.1. The molecule has 0 bridgehead atoms. The summed E-state index contributed by atoms with van der Waals surface area (Å²) in [5.74, 6) is -1.06. The molecule has 0 radical (unpaired) electrons. The van der Waals surface area contributed by atoms with E-state index in [9.17, 15) is 27.6 Å². The van der Waals surface area contributed by atoms with Gasteiger partial charge in [-0.05, 0) is 69.3 Å². The molecule has 0 aliphatic heterocycles. The second kappa shape index (κ2) is 10.7. The molecular weight excluding hydrogens is 559 g/mol. The van der Waals surface area contributed by atoms with Crippen molar-refractivity contribution in [3.63, 3.8) is 0 Å². The van der Waals surface area contributed by atoms with Crippen LogP contribution in [0.4, 0.5) is 18.2 Å². The molecule has 0 saturated heterocycles. The Kier molecular flexibility index (Phi) is 7.71. The van der Waals surface area contributed by atoms with Crippen molar-refractivity contribution >= 4 is 50.6 Å². The van der Waals surface area contributed by atoms with Crippen molar-refractivity contribution in [2.45, 2.75) is 32.5 Å². The zero-order valence-electron chi connectivity index (χ0n) is 20.8. The topological polar surface area (TPSA) is 99.5 Å². The minimum Gasteiger partial charge on any atom is -0.478 e. The summed E-state index contributed by atoms with van der Waals surface area (Å²) in [6, 6.07) is 10.1. The van der Waals surface area contributed by atoms with E-state index in [0.29, 0.717) is 10.8 Å². The van der Waals surface area contributed by atoms with Crippen LogP contribution in [0.2, 0.25) is 5.02 Å². The van der Waals surface area contributed by atoms with Crippen LogP contribution in [0.15, 0.2) is 58.7 Å². The predicted octanol–water partition coefficient (Wildman–Crippen LogP) is 6.09. The van der Waals surface area contributed by atoms with Crippen LogP contribution in [-0.4, -0.2) is 33.9 Å². The van der Waals surface area contributed by atoms with Gasteiger partial charge < -0.3 is 14.8 Å². The van der Waals surface area contributed by atoms with Gasteiger partial charge in [0, 0.05) is 15.8 Å². The van der Waals surface area contributed by atoms with Crippen LogP contribution in [0.25, 0.3) is 16.5 Å². The first-order valence-corrected chi connectivity index (χ1v) is 12.7. The standard InChI is InChI=1S/C26H21ClF3N3O5S/c1-4-37-23(35)20-18-13-39-21(31-24(36)25(2,3)38-17-11-7-15(27)8-12-17)19(18)22(34)33(32-20)16-9-5-14(6-10-16)26(28,29)30/h5-13H,4H2,1-3H3,(H,31,36). The predicted molar refractivity (Wildman–Crippen MR) is 141 cm³/mol. The number of amides is 1. The summed E-state index contributed by atoms with van der Waals surface area (Å²) in [6.07, 6.45) is -4.58. The van der Waals surface area contributed by atoms with Crippen LogP contribution in [0.5, 0.6) is 5.75 Å². The van der Waals surface area contributed by atoms with Crippen molar-refractivity contribution < 1.29 is 32.2 Å². The number of carbonyl (C=O) groups excluding carboxylic acids is 2. The highest BCUT2D eigenvalue weighted by Gasteiger charge is 2.33. The van der Waals surface area contributed by atoms with Crippen molar-refractivity contribution in [3.05, 3.63) is 80.5 Å². The molecule has 0 aliphatic rings. The van der Waals surface area contributed by atoms with Crippen molar-refractivity contribution in [3.8, 4) is 11.4 Å². The van der Waals surface area contributed by atoms with Crippen molar-refractivity contribution in [1.29, 1.82) is 0 Å². The third-order valence-electron chi connectivity index (χ3n) is 5.52. The van der Waals surface area contributed by atoms with Gasteiger partial charge in [0.25, 0.3) is 11.5 Å². The molecule has 2 heterocycles. The SMILES string of the molecule is CCOC(=O)c1nn(-c2ccc(C(F)(F)F)cc2)c(=O)c2c(NC(=O)C(C)(C)Oc3ccc(Cl)cc3)scc12. The lowest BCUT2D eigenvalue weighted by Gasteiger charge is -2.25. The highest BCUT2D eigenvalue weighted by atomic mass is 35.5. The van der Waals surface area contributed by atoms with Gasteiger partial charge in [0.1, 0.15) is 10.8 Å². The van der Waals surface area contributed by atoms with E-state index in [0.717, 1.165) is 40.3 Å². The highest BCUT2D eigenvalue weighted by molar-refractivity contribution is 7.16. The molecule has 4 rings (SSSR count). The summed E-state index contributed by atoms with van der Waals surface area (Å²) in [5.41, 5.74) is -3.33. The molecule has 0 atom stereocenters. The number of carbonyl (C=O) groups is 2. The second-order valence-electron chi connectivity index (χ2n) is 8.70. The van der Waals surface area contributed by atoms with Crippen molar-refractivity contribution in [2.75, 3.05) is 11.9 Å². The molecule has 2 aromatic heterocycles. The Hall–Kier alpha value is -3.90. The highest BCUT2D eigenvalue weighted by Crippen LogP contribution is 2.33. The van der Waals surface area contributed by atoms with Crippen LogP contribution in [0.1, 0.15) is 36.8 Å². The lowest BCUT2D eigenvalue weighted by Crippen LogP contribution is -2.42. The van der Waals surface area contributed by atoms with Gasteiger partial charge in [-0.3, -0.25) is 9.59 Å². The van der Waals surface area contributed by atoms with Crippen LogP contribution in [-0.2, 0) is 15.7 Å². The average molecular weight is 580 g/mol. The Labute approximate surface area is 228 Å². The van der Waals surface area contributed by atoms with Crippen molar-refractivity contribution in [1.82, 2.24) is 9.78 Å². The fourth-order valence-corrected chi connectivity index (χ4v) is 4.61. The first kappa shape index (κ1) is 28.1. The molecule has 4 aromatic rings. The summed E-state index contributed by atoms with van der Waals surface area (Å²) >= 11 is 6.87. The number of benzene rings is 2. The molecule has 8 nitrogen and oxygen atoms in total. The van der Waals surface area contributed by atoms with E-state index >= 15 is 0 Å². The number of thiophene rings is 1. The first-order valence-electron chi connectivity index (χ1n) is 11.5. The van der Waals surface area contributed by atoms with E-state index in [2.05, 4.69) is 10.4 Å². The van der Waals surface area contributed by atoms with Gasteiger partial charge in [-0.2, -0.15) is 23.0 Å². The van der Waals surface area contributed by atoms with Gasteiger partial charge in [-0.25, -0.2) is 4.79 Å². The number of hydrogen-bond donors (Lipinski definition) is 1. The molecule has 0 unspecified atom stereocenters. The third-order valence-corrected chi connectivity index (χ3v) is 6.67. The molecule has 0 fully saturated rings. The normalized spacial score (nSPS) is 11.9. The first-order chi connectivity index (χ1) is 18.3. The monoisotopic (exact) mass is 579 g/mol. The quantitative estimate of drug-likeness (QED) is 0.266. The van der Waals surface area contributed by atoms with Crippen molar-refractivity contribution in [2.24, 2.45) is 0 Å². The molecule has 1 N–H and O–H groups in total. The van der Waals surface area contributed by atoms with Gasteiger partial charge in [0.15, 0.2) is 11.3 Å². The average Bonchev–Trinajstić information content (AvgIpc) is 3.29. The molecule has 1 amide bonds. The fraction of sp³-hybridized carbons (Fsp3) is 0.231. The Bertz CT molecular complexity index is 1600. The number of ether oxygens (including phenoxy) is 2. The molecule has 0 saturated carbocycles. The van der Waals surface area contributed by atoms with Gasteiger partial charge in [0.05, 0.1) is 23.2 Å². The molecule has 0 aliphatic carbocycles.